The third kappa shape index (κ3) is 2.10. The van der Waals surface area contributed by atoms with Crippen LogP contribution in [0.3, 0.4) is 0 Å². The molecule has 28 heavy (non-hydrogen) atoms. The van der Waals surface area contributed by atoms with Gasteiger partial charge in [-0.05, 0) is 24.6 Å². The van der Waals surface area contributed by atoms with Gasteiger partial charge in [0.2, 0.25) is 17.7 Å². The van der Waals surface area contributed by atoms with Gasteiger partial charge in [-0.3, -0.25) is 24.6 Å². The highest BCUT2D eigenvalue weighted by Crippen LogP contribution is 2.52. The third-order valence-corrected chi connectivity index (χ3v) is 6.52. The Morgan fingerprint density at radius 2 is 1.75 bits per heavy atom. The van der Waals surface area contributed by atoms with E-state index in [0.717, 1.165) is 5.56 Å². The second-order valence-electron chi connectivity index (χ2n) is 7.60. The van der Waals surface area contributed by atoms with Crippen molar-refractivity contribution in [3.8, 4) is 0 Å². The molecule has 2 saturated heterocycles. The van der Waals surface area contributed by atoms with Crippen LogP contribution in [0, 0.1) is 11.8 Å². The Morgan fingerprint density at radius 3 is 2.54 bits per heavy atom. The van der Waals surface area contributed by atoms with E-state index in [1.165, 1.54) is 4.90 Å². The van der Waals surface area contributed by atoms with Gasteiger partial charge in [-0.2, -0.15) is 0 Å². The Morgan fingerprint density at radius 1 is 1.04 bits per heavy atom. The van der Waals surface area contributed by atoms with E-state index >= 15 is 0 Å². The van der Waals surface area contributed by atoms with Crippen molar-refractivity contribution in [1.29, 1.82) is 0 Å². The minimum Gasteiger partial charge on any atom is -0.324 e. The fourth-order valence-corrected chi connectivity index (χ4v) is 5.13. The average Bonchev–Trinajstić information content (AvgIpc) is 3.23. The van der Waals surface area contributed by atoms with Crippen molar-refractivity contribution in [1.82, 2.24) is 10.2 Å². The second-order valence-corrected chi connectivity index (χ2v) is 8.01. The van der Waals surface area contributed by atoms with Gasteiger partial charge in [-0.15, -0.1) is 0 Å². The zero-order chi connectivity index (χ0) is 19.6. The van der Waals surface area contributed by atoms with Crippen molar-refractivity contribution < 1.29 is 14.4 Å². The van der Waals surface area contributed by atoms with Gasteiger partial charge in [-0.1, -0.05) is 48.0 Å². The number of benzene rings is 2. The van der Waals surface area contributed by atoms with Gasteiger partial charge >= 0.3 is 0 Å². The standard InChI is InChI=1S/C21H18ClN3O3/c1-11-16-17(21(24-11)13-7-3-5-9-15(13)23-20(21)28)19(27)25(18(16)26)10-12-6-2-4-8-14(12)22/h2-9,11,16-17,24H,10H2,1H3,(H,23,28)/t11-,16+,17+,21+/m0/s1. The molecule has 7 heteroatoms. The van der Waals surface area contributed by atoms with Crippen LogP contribution in [0.1, 0.15) is 18.1 Å². The quantitative estimate of drug-likeness (QED) is 0.765. The maximum atomic E-state index is 13.4. The number of nitrogens with zero attached hydrogens (tertiary/aromatic N) is 1. The predicted molar refractivity (Wildman–Crippen MR) is 103 cm³/mol. The van der Waals surface area contributed by atoms with Crippen LogP contribution >= 0.6 is 11.6 Å². The predicted octanol–water partition coefficient (Wildman–Crippen LogP) is 2.28. The first-order valence-corrected chi connectivity index (χ1v) is 9.60. The van der Waals surface area contributed by atoms with Crippen LogP contribution in [0.4, 0.5) is 5.69 Å². The lowest BCUT2D eigenvalue weighted by atomic mass is 9.76. The van der Waals surface area contributed by atoms with E-state index < -0.39 is 17.4 Å². The molecule has 3 heterocycles. The first-order valence-electron chi connectivity index (χ1n) is 9.22. The van der Waals surface area contributed by atoms with Crippen molar-refractivity contribution in [3.63, 3.8) is 0 Å². The zero-order valence-electron chi connectivity index (χ0n) is 15.1. The molecule has 2 fully saturated rings. The smallest absolute Gasteiger partial charge is 0.250 e. The molecule has 5 rings (SSSR count). The van der Waals surface area contributed by atoms with Crippen LogP contribution in [0.15, 0.2) is 48.5 Å². The van der Waals surface area contributed by atoms with Crippen LogP contribution in [-0.4, -0.2) is 28.7 Å². The summed E-state index contributed by atoms with van der Waals surface area (Å²) in [5.74, 6) is -2.25. The van der Waals surface area contributed by atoms with Gasteiger partial charge in [0, 0.05) is 22.3 Å². The fourth-order valence-electron chi connectivity index (χ4n) is 4.93. The molecule has 1 spiro atoms. The highest BCUT2D eigenvalue weighted by molar-refractivity contribution is 6.31. The molecule has 4 atom stereocenters. The summed E-state index contributed by atoms with van der Waals surface area (Å²) in [7, 11) is 0. The summed E-state index contributed by atoms with van der Waals surface area (Å²) < 4.78 is 0. The van der Waals surface area contributed by atoms with E-state index in [0.29, 0.717) is 16.3 Å². The molecule has 0 unspecified atom stereocenters. The fraction of sp³-hybridized carbons (Fsp3) is 0.286. The van der Waals surface area contributed by atoms with E-state index in [4.69, 9.17) is 11.6 Å². The summed E-state index contributed by atoms with van der Waals surface area (Å²) >= 11 is 6.23. The van der Waals surface area contributed by atoms with Crippen LogP contribution in [-0.2, 0) is 26.5 Å². The SMILES string of the molecule is C[C@@H]1N[C@@]2(C(=O)Nc3ccccc32)[C@H]2C(=O)N(Cc3ccccc3Cl)C(=O)[C@H]12. The molecule has 2 N–H and O–H groups in total. The van der Waals surface area contributed by atoms with Gasteiger partial charge < -0.3 is 5.32 Å². The number of hydrogen-bond acceptors (Lipinski definition) is 4. The van der Waals surface area contributed by atoms with Gasteiger partial charge in [0.1, 0.15) is 5.54 Å². The summed E-state index contributed by atoms with van der Waals surface area (Å²) in [6.45, 7) is 1.96. The number of amides is 3. The number of rotatable bonds is 2. The topological polar surface area (TPSA) is 78.5 Å². The minimum atomic E-state index is -1.22. The Balaban J connectivity index is 1.58. The molecule has 0 aliphatic carbocycles. The average molecular weight is 396 g/mol. The van der Waals surface area contributed by atoms with Crippen LogP contribution in [0.5, 0.6) is 0 Å². The van der Waals surface area contributed by atoms with E-state index in [1.54, 1.807) is 18.2 Å². The van der Waals surface area contributed by atoms with Gasteiger partial charge in [0.15, 0.2) is 0 Å². The summed E-state index contributed by atoms with van der Waals surface area (Å²) in [6.07, 6.45) is 0. The number of fused-ring (bicyclic) bond motifs is 4. The van der Waals surface area contributed by atoms with Gasteiger partial charge in [-0.25, -0.2) is 0 Å². The van der Waals surface area contributed by atoms with Gasteiger partial charge in [0.25, 0.3) is 0 Å². The lowest BCUT2D eigenvalue weighted by molar-refractivity contribution is -0.143. The second kappa shape index (κ2) is 5.90. The number of likely N-dealkylation sites (tertiary alicyclic amines) is 1. The lowest BCUT2D eigenvalue weighted by Crippen LogP contribution is -2.52. The minimum absolute atomic E-state index is 0.108. The van der Waals surface area contributed by atoms with Crippen molar-refractivity contribution in [2.75, 3.05) is 5.32 Å². The molecule has 142 valence electrons. The molecular formula is C21H18ClN3O3. The van der Waals surface area contributed by atoms with E-state index in [9.17, 15) is 14.4 Å². The summed E-state index contributed by atoms with van der Waals surface area (Å²) in [4.78, 5) is 40.9. The summed E-state index contributed by atoms with van der Waals surface area (Å²) in [5, 5.41) is 6.66. The largest absolute Gasteiger partial charge is 0.324 e. The molecule has 0 saturated carbocycles. The maximum absolute atomic E-state index is 13.4. The molecule has 0 radical (unpaired) electrons. The molecule has 3 amide bonds. The van der Waals surface area contributed by atoms with Crippen molar-refractivity contribution >= 4 is 35.0 Å². The summed E-state index contributed by atoms with van der Waals surface area (Å²) in [5.41, 5.74) is 0.886. The number of anilines is 1. The molecule has 6 nitrogen and oxygen atoms in total. The Bertz CT molecular complexity index is 1040. The van der Waals surface area contributed by atoms with E-state index in [2.05, 4.69) is 10.6 Å². The van der Waals surface area contributed by atoms with Crippen molar-refractivity contribution in [2.45, 2.75) is 25.0 Å². The Kier molecular flexibility index (Phi) is 3.66. The highest BCUT2D eigenvalue weighted by Gasteiger charge is 2.69. The van der Waals surface area contributed by atoms with Crippen molar-refractivity contribution in [3.05, 3.63) is 64.7 Å². The monoisotopic (exact) mass is 395 g/mol. The molecule has 2 aromatic carbocycles. The first-order chi connectivity index (χ1) is 13.4. The third-order valence-electron chi connectivity index (χ3n) is 6.15. The van der Waals surface area contributed by atoms with Crippen molar-refractivity contribution in [2.24, 2.45) is 11.8 Å². The molecule has 2 aromatic rings. The number of imide groups is 1. The van der Waals surface area contributed by atoms with Gasteiger partial charge in [0.05, 0.1) is 18.4 Å². The number of nitrogens with one attached hydrogen (secondary N) is 2. The lowest BCUT2D eigenvalue weighted by Gasteiger charge is -2.29. The summed E-state index contributed by atoms with van der Waals surface area (Å²) in [6, 6.07) is 14.2. The maximum Gasteiger partial charge on any atom is 0.250 e. The first kappa shape index (κ1) is 17.4. The zero-order valence-corrected chi connectivity index (χ0v) is 15.9. The normalized spacial score (nSPS) is 30.7. The number of hydrogen-bond donors (Lipinski definition) is 2. The van der Waals surface area contributed by atoms with Crippen LogP contribution < -0.4 is 10.6 Å². The molecule has 3 aliphatic rings. The van der Waals surface area contributed by atoms with E-state index in [-0.39, 0.29) is 30.3 Å². The number of carbonyl (C=O) groups excluding carboxylic acids is 3. The molecule has 0 aromatic heterocycles. The highest BCUT2D eigenvalue weighted by atomic mass is 35.5. The number of para-hydroxylation sites is 1. The molecule has 3 aliphatic heterocycles. The number of carbonyl (C=O) groups is 3. The van der Waals surface area contributed by atoms with Crippen LogP contribution in [0.2, 0.25) is 5.02 Å². The van der Waals surface area contributed by atoms with Crippen LogP contribution in [0.25, 0.3) is 0 Å². The Labute approximate surface area is 166 Å². The van der Waals surface area contributed by atoms with E-state index in [1.807, 2.05) is 37.3 Å². The Hall–Kier alpha value is -2.70. The number of halogens is 1. The molecule has 0 bridgehead atoms. The molecular weight excluding hydrogens is 378 g/mol.